The summed E-state index contributed by atoms with van der Waals surface area (Å²) in [7, 11) is 0. The number of fused-ring (bicyclic) bond motifs is 9. The molecule has 3 aromatic heterocycles. The number of rotatable bonds is 5. The smallest absolute Gasteiger partial charge is 0.143 e. The van der Waals surface area contributed by atoms with Crippen molar-refractivity contribution >= 4 is 81.1 Å². The Hall–Kier alpha value is -6.99. The average molecular weight is 751 g/mol. The van der Waals surface area contributed by atoms with Crippen molar-refractivity contribution in [2.75, 3.05) is 0 Å². The lowest BCUT2D eigenvalue weighted by molar-refractivity contribution is 0.410. The van der Waals surface area contributed by atoms with Crippen molar-refractivity contribution < 1.29 is 4.42 Å². The first-order valence-corrected chi connectivity index (χ1v) is 20.2. The van der Waals surface area contributed by atoms with Crippen LogP contribution in [0.15, 0.2) is 191 Å². The van der Waals surface area contributed by atoms with E-state index in [0.717, 1.165) is 61.3 Å². The molecule has 0 spiro atoms. The van der Waals surface area contributed by atoms with Gasteiger partial charge in [-0.25, -0.2) is 4.99 Å². The van der Waals surface area contributed by atoms with Gasteiger partial charge < -0.3 is 14.3 Å². The number of hydrogen-bond acceptors (Lipinski definition) is 5. The van der Waals surface area contributed by atoms with Gasteiger partial charge in [-0.05, 0) is 35.9 Å². The van der Waals surface area contributed by atoms with Gasteiger partial charge in [0.1, 0.15) is 29.3 Å². The van der Waals surface area contributed by atoms with Gasteiger partial charge in [0.2, 0.25) is 0 Å². The van der Waals surface area contributed by atoms with Crippen LogP contribution in [0.2, 0.25) is 0 Å². The predicted octanol–water partition coefficient (Wildman–Crippen LogP) is 13.1. The molecule has 2 atom stereocenters. The molecule has 11 aromatic rings. The number of para-hydroxylation sites is 3. The van der Waals surface area contributed by atoms with Crippen molar-refractivity contribution in [1.82, 2.24) is 15.2 Å². The molecule has 8 aromatic carbocycles. The van der Waals surface area contributed by atoms with E-state index in [2.05, 4.69) is 191 Å². The summed E-state index contributed by atoms with van der Waals surface area (Å²) < 4.78 is 11.8. The van der Waals surface area contributed by atoms with Gasteiger partial charge in [-0.3, -0.25) is 5.32 Å². The first-order chi connectivity index (χ1) is 28.3. The van der Waals surface area contributed by atoms with Crippen molar-refractivity contribution in [1.29, 1.82) is 0 Å². The third-order valence-electron chi connectivity index (χ3n) is 11.5. The van der Waals surface area contributed by atoms with Crippen LogP contribution in [0.4, 0.5) is 0 Å². The molecule has 0 bridgehead atoms. The maximum Gasteiger partial charge on any atom is 0.143 e. The molecule has 1 aliphatic rings. The minimum Gasteiger partial charge on any atom is -0.455 e. The summed E-state index contributed by atoms with van der Waals surface area (Å²) in [5.41, 5.74) is 10.9. The first-order valence-electron chi connectivity index (χ1n) is 19.4. The summed E-state index contributed by atoms with van der Waals surface area (Å²) in [6.07, 6.45) is -0.382. The van der Waals surface area contributed by atoms with Crippen LogP contribution >= 0.6 is 11.3 Å². The van der Waals surface area contributed by atoms with Crippen LogP contribution in [0.25, 0.3) is 80.7 Å². The highest BCUT2D eigenvalue weighted by Crippen LogP contribution is 2.47. The van der Waals surface area contributed by atoms with Crippen LogP contribution in [0, 0.1) is 0 Å². The van der Waals surface area contributed by atoms with E-state index in [1.807, 2.05) is 17.4 Å². The van der Waals surface area contributed by atoms with Gasteiger partial charge in [-0.1, -0.05) is 152 Å². The standard InChI is InChI=1S/C51H34N4OS/c1-3-15-31(16-4-1)49-52-50(32-17-5-2-6-18-32)54-51(53-49)39-25-13-30-44-45(39)38-24-12-22-36(48(38)57-44)35-21-11-23-37-46-42(28-14-29-43(46)56-47(35)37)55-40-26-9-7-19-33(40)34-20-8-10-27-41(34)55/h1-30,49,51,53H,(H,52,54). The summed E-state index contributed by atoms with van der Waals surface area (Å²) in [6.45, 7) is 0. The highest BCUT2D eigenvalue weighted by atomic mass is 32.1. The van der Waals surface area contributed by atoms with Gasteiger partial charge in [-0.15, -0.1) is 11.3 Å². The first kappa shape index (κ1) is 32.3. The van der Waals surface area contributed by atoms with Crippen LogP contribution in [-0.2, 0) is 0 Å². The van der Waals surface area contributed by atoms with Crippen LogP contribution < -0.4 is 10.6 Å². The highest BCUT2D eigenvalue weighted by Gasteiger charge is 2.28. The van der Waals surface area contributed by atoms with Gasteiger partial charge in [-0.2, -0.15) is 0 Å². The summed E-state index contributed by atoms with van der Waals surface area (Å²) in [5.74, 6) is 0.877. The number of furan rings is 1. The lowest BCUT2D eigenvalue weighted by Gasteiger charge is -2.32. The van der Waals surface area contributed by atoms with E-state index >= 15 is 0 Å². The maximum absolute atomic E-state index is 6.91. The second kappa shape index (κ2) is 12.8. The molecule has 12 rings (SSSR count). The fraction of sp³-hybridized carbons (Fsp3) is 0.0392. The van der Waals surface area contributed by atoms with E-state index in [9.17, 15) is 0 Å². The zero-order valence-corrected chi connectivity index (χ0v) is 31.5. The third-order valence-corrected chi connectivity index (χ3v) is 12.7. The molecule has 1 aliphatic heterocycles. The van der Waals surface area contributed by atoms with Crippen molar-refractivity contribution in [3.05, 3.63) is 199 Å². The third kappa shape index (κ3) is 5.01. The maximum atomic E-state index is 6.91. The molecule has 2 unspecified atom stereocenters. The quantitative estimate of drug-likeness (QED) is 0.184. The molecular weight excluding hydrogens is 717 g/mol. The average Bonchev–Trinajstić information content (AvgIpc) is 3.97. The number of benzene rings is 8. The minimum absolute atomic E-state index is 0.113. The predicted molar refractivity (Wildman–Crippen MR) is 238 cm³/mol. The van der Waals surface area contributed by atoms with E-state index in [4.69, 9.17) is 9.41 Å². The summed E-state index contributed by atoms with van der Waals surface area (Å²) >= 11 is 1.84. The number of hydrogen-bond donors (Lipinski definition) is 2. The van der Waals surface area contributed by atoms with Gasteiger partial charge in [0.25, 0.3) is 0 Å². The van der Waals surface area contributed by atoms with Crippen molar-refractivity contribution in [2.24, 2.45) is 4.99 Å². The summed E-state index contributed by atoms with van der Waals surface area (Å²) in [6, 6.07) is 64.7. The Kier molecular flexibility index (Phi) is 7.24. The lowest BCUT2D eigenvalue weighted by atomic mass is 9.98. The molecule has 0 saturated carbocycles. The molecule has 2 N–H and O–H groups in total. The highest BCUT2D eigenvalue weighted by molar-refractivity contribution is 7.26. The molecule has 4 heterocycles. The minimum atomic E-state index is -0.269. The number of aliphatic imine (C=N–C) groups is 1. The Balaban J connectivity index is 1.04. The molecule has 0 saturated heterocycles. The van der Waals surface area contributed by atoms with E-state index < -0.39 is 0 Å². The molecule has 57 heavy (non-hydrogen) atoms. The second-order valence-electron chi connectivity index (χ2n) is 14.7. The Labute approximate surface area is 332 Å². The fourth-order valence-corrected chi connectivity index (χ4v) is 10.3. The van der Waals surface area contributed by atoms with Crippen LogP contribution in [0.1, 0.15) is 29.0 Å². The van der Waals surface area contributed by atoms with E-state index in [1.165, 1.54) is 42.0 Å². The zero-order chi connectivity index (χ0) is 37.5. The fourth-order valence-electron chi connectivity index (χ4n) is 9.00. The monoisotopic (exact) mass is 750 g/mol. The van der Waals surface area contributed by atoms with E-state index in [1.54, 1.807) is 0 Å². The summed E-state index contributed by atoms with van der Waals surface area (Å²) in [4.78, 5) is 5.33. The van der Waals surface area contributed by atoms with Crippen molar-refractivity contribution in [3.63, 3.8) is 0 Å². The van der Waals surface area contributed by atoms with Crippen LogP contribution in [0.5, 0.6) is 0 Å². The molecule has 0 aliphatic carbocycles. The van der Waals surface area contributed by atoms with E-state index in [-0.39, 0.29) is 12.3 Å². The van der Waals surface area contributed by atoms with Gasteiger partial charge in [0, 0.05) is 58.6 Å². The molecule has 0 amide bonds. The molecule has 0 radical (unpaired) electrons. The second-order valence-corrected chi connectivity index (χ2v) is 15.8. The number of nitrogens with zero attached hydrogens (tertiary/aromatic N) is 2. The van der Waals surface area contributed by atoms with Crippen molar-refractivity contribution in [2.45, 2.75) is 12.3 Å². The SMILES string of the molecule is c1ccc(C2=NC(c3cccc4sc5c(-c6cccc7c6oc6cccc(-n8c9ccccc9c9ccccc98)c67)cccc5c34)NC(c3ccccc3)N2)cc1. The normalized spacial score (nSPS) is 15.9. The number of aromatic nitrogens is 1. The van der Waals surface area contributed by atoms with Gasteiger partial charge in [0.15, 0.2) is 0 Å². The number of thiophene rings is 1. The van der Waals surface area contributed by atoms with Crippen LogP contribution in [0.3, 0.4) is 0 Å². The zero-order valence-electron chi connectivity index (χ0n) is 30.7. The van der Waals surface area contributed by atoms with Crippen molar-refractivity contribution in [3.8, 4) is 16.8 Å². The van der Waals surface area contributed by atoms with Gasteiger partial charge >= 0.3 is 0 Å². The topological polar surface area (TPSA) is 54.5 Å². The largest absolute Gasteiger partial charge is 0.455 e. The Morgan fingerprint density at radius 1 is 0.544 bits per heavy atom. The Bertz CT molecular complexity index is 3320. The molecule has 270 valence electrons. The van der Waals surface area contributed by atoms with Gasteiger partial charge in [0.05, 0.1) is 22.1 Å². The molecule has 0 fully saturated rings. The molecular formula is C51H34N4OS. The summed E-state index contributed by atoms with van der Waals surface area (Å²) in [5, 5.41) is 14.7. The number of nitrogens with one attached hydrogen (secondary N) is 2. The molecule has 6 heteroatoms. The lowest BCUT2D eigenvalue weighted by Crippen LogP contribution is -2.44. The number of amidine groups is 1. The Morgan fingerprint density at radius 2 is 1.19 bits per heavy atom. The van der Waals surface area contributed by atoms with Crippen LogP contribution in [-0.4, -0.2) is 10.4 Å². The van der Waals surface area contributed by atoms with E-state index in [0.29, 0.717) is 0 Å². The Morgan fingerprint density at radius 3 is 1.98 bits per heavy atom. The molecule has 5 nitrogen and oxygen atoms in total.